The molecule has 1 atom stereocenters. The molecule has 17 heavy (non-hydrogen) atoms. The molecule has 2 heterocycles. The van der Waals surface area contributed by atoms with E-state index < -0.39 is 6.10 Å². The van der Waals surface area contributed by atoms with E-state index in [1.807, 2.05) is 12.1 Å². The van der Waals surface area contributed by atoms with Crippen LogP contribution in [-0.4, -0.2) is 45.0 Å². The summed E-state index contributed by atoms with van der Waals surface area (Å²) in [6.45, 7) is -0.367. The number of pyridine rings is 1. The van der Waals surface area contributed by atoms with Gasteiger partial charge in [0.25, 0.3) is 5.91 Å². The number of amides is 1. The fourth-order valence-corrected chi connectivity index (χ4v) is 1.48. The first-order valence-electron chi connectivity index (χ1n) is 5.22. The number of nitrogens with one attached hydrogen (secondary N) is 1. The van der Waals surface area contributed by atoms with Crippen molar-refractivity contribution in [2.24, 2.45) is 0 Å². The molecule has 2 aromatic rings. The molecule has 0 aromatic carbocycles. The topological polar surface area (TPSA) is 86.9 Å². The summed E-state index contributed by atoms with van der Waals surface area (Å²) in [5, 5.41) is 24.3. The molecule has 0 aliphatic heterocycles. The van der Waals surface area contributed by atoms with Gasteiger partial charge in [-0.2, -0.15) is 5.10 Å². The number of carbonyl (C=O) groups is 1. The number of nitrogens with zero attached hydrogens (tertiary/aromatic N) is 2. The Kier molecular flexibility index (Phi) is 3.36. The van der Waals surface area contributed by atoms with Gasteiger partial charge < -0.3 is 15.5 Å². The summed E-state index contributed by atoms with van der Waals surface area (Å²) in [5.41, 5.74) is 1.14. The van der Waals surface area contributed by atoms with Crippen molar-refractivity contribution in [3.63, 3.8) is 0 Å². The maximum atomic E-state index is 11.8. The largest absolute Gasteiger partial charge is 0.394 e. The Morgan fingerprint density at radius 3 is 3.12 bits per heavy atom. The van der Waals surface area contributed by atoms with Crippen molar-refractivity contribution in [2.75, 3.05) is 13.2 Å². The summed E-state index contributed by atoms with van der Waals surface area (Å²) in [5.74, 6) is -0.321. The van der Waals surface area contributed by atoms with E-state index in [0.29, 0.717) is 11.1 Å². The van der Waals surface area contributed by atoms with E-state index in [-0.39, 0.29) is 19.1 Å². The fraction of sp³-hybridized carbons (Fsp3) is 0.273. The van der Waals surface area contributed by atoms with Crippen LogP contribution in [0, 0.1) is 0 Å². The average molecular weight is 235 g/mol. The molecule has 90 valence electrons. The van der Waals surface area contributed by atoms with Crippen molar-refractivity contribution < 1.29 is 15.0 Å². The van der Waals surface area contributed by atoms with Gasteiger partial charge in [0, 0.05) is 12.7 Å². The van der Waals surface area contributed by atoms with E-state index in [2.05, 4.69) is 10.4 Å². The standard InChI is InChI=1S/C11H13N3O3/c15-7-8(16)5-12-11(17)9-6-13-14-4-2-1-3-10(9)14/h1-4,6,8,15-16H,5,7H2,(H,12,17). The van der Waals surface area contributed by atoms with Gasteiger partial charge in [-0.1, -0.05) is 6.07 Å². The molecule has 1 amide bonds. The second-order valence-electron chi connectivity index (χ2n) is 3.64. The minimum atomic E-state index is -0.944. The van der Waals surface area contributed by atoms with Crippen LogP contribution < -0.4 is 5.32 Å². The van der Waals surface area contributed by atoms with Crippen LogP contribution in [0.25, 0.3) is 5.52 Å². The number of hydrogen-bond acceptors (Lipinski definition) is 4. The monoisotopic (exact) mass is 235 g/mol. The maximum absolute atomic E-state index is 11.8. The third-order valence-corrected chi connectivity index (χ3v) is 2.38. The number of aliphatic hydroxyl groups excluding tert-OH is 2. The highest BCUT2D eigenvalue weighted by Gasteiger charge is 2.13. The molecule has 6 nitrogen and oxygen atoms in total. The van der Waals surface area contributed by atoms with Crippen LogP contribution in [0.15, 0.2) is 30.6 Å². The SMILES string of the molecule is O=C(NCC(O)CO)c1cnn2ccccc12. The van der Waals surface area contributed by atoms with Crippen LogP contribution in [0.1, 0.15) is 10.4 Å². The molecule has 0 radical (unpaired) electrons. The van der Waals surface area contributed by atoms with E-state index in [9.17, 15) is 4.79 Å². The fourth-order valence-electron chi connectivity index (χ4n) is 1.48. The molecule has 0 saturated carbocycles. The van der Waals surface area contributed by atoms with Crippen molar-refractivity contribution in [3.8, 4) is 0 Å². The first kappa shape index (κ1) is 11.6. The van der Waals surface area contributed by atoms with Gasteiger partial charge in [0.15, 0.2) is 0 Å². The van der Waals surface area contributed by atoms with Crippen LogP contribution in [-0.2, 0) is 0 Å². The quantitative estimate of drug-likeness (QED) is 0.661. The van der Waals surface area contributed by atoms with Crippen molar-refractivity contribution in [1.82, 2.24) is 14.9 Å². The van der Waals surface area contributed by atoms with Crippen molar-refractivity contribution >= 4 is 11.4 Å². The lowest BCUT2D eigenvalue weighted by Crippen LogP contribution is -2.33. The Bertz CT molecular complexity index is 523. The van der Waals surface area contributed by atoms with Gasteiger partial charge in [-0.15, -0.1) is 0 Å². The molecule has 0 aliphatic rings. The molecule has 0 aliphatic carbocycles. The number of fused-ring (bicyclic) bond motifs is 1. The second-order valence-corrected chi connectivity index (χ2v) is 3.64. The van der Waals surface area contributed by atoms with E-state index in [1.165, 1.54) is 6.20 Å². The third-order valence-electron chi connectivity index (χ3n) is 2.38. The lowest BCUT2D eigenvalue weighted by atomic mass is 10.2. The predicted octanol–water partition coefficient (Wildman–Crippen LogP) is -0.583. The van der Waals surface area contributed by atoms with E-state index >= 15 is 0 Å². The van der Waals surface area contributed by atoms with Crippen molar-refractivity contribution in [3.05, 3.63) is 36.2 Å². The van der Waals surface area contributed by atoms with Gasteiger partial charge in [0.05, 0.1) is 30.0 Å². The van der Waals surface area contributed by atoms with Crippen LogP contribution in [0.3, 0.4) is 0 Å². The summed E-state index contributed by atoms with van der Waals surface area (Å²) in [6.07, 6.45) is 2.27. The van der Waals surface area contributed by atoms with Crippen molar-refractivity contribution in [2.45, 2.75) is 6.10 Å². The van der Waals surface area contributed by atoms with Crippen LogP contribution in [0.2, 0.25) is 0 Å². The molecule has 0 spiro atoms. The normalized spacial score (nSPS) is 12.6. The van der Waals surface area contributed by atoms with Crippen LogP contribution in [0.4, 0.5) is 0 Å². The maximum Gasteiger partial charge on any atom is 0.255 e. The minimum absolute atomic E-state index is 0.0134. The summed E-state index contributed by atoms with van der Waals surface area (Å²) in [7, 11) is 0. The van der Waals surface area contributed by atoms with Crippen molar-refractivity contribution in [1.29, 1.82) is 0 Å². The number of aromatic nitrogens is 2. The molecule has 0 bridgehead atoms. The zero-order valence-electron chi connectivity index (χ0n) is 9.08. The molecule has 0 fully saturated rings. The minimum Gasteiger partial charge on any atom is -0.394 e. The Hall–Kier alpha value is -1.92. The Labute approximate surface area is 97.5 Å². The van der Waals surface area contributed by atoms with E-state index in [0.717, 1.165) is 0 Å². The van der Waals surface area contributed by atoms with Gasteiger partial charge in [-0.05, 0) is 12.1 Å². The number of carbonyl (C=O) groups excluding carboxylic acids is 1. The number of aliphatic hydroxyl groups is 2. The summed E-state index contributed by atoms with van der Waals surface area (Å²) < 4.78 is 1.59. The van der Waals surface area contributed by atoms with Gasteiger partial charge in [-0.3, -0.25) is 4.79 Å². The Morgan fingerprint density at radius 1 is 1.53 bits per heavy atom. The lowest BCUT2D eigenvalue weighted by Gasteiger charge is -2.07. The summed E-state index contributed by atoms with van der Waals surface area (Å²) in [6, 6.07) is 5.41. The average Bonchev–Trinajstić information content (AvgIpc) is 2.79. The van der Waals surface area contributed by atoms with Crippen LogP contribution >= 0.6 is 0 Å². The summed E-state index contributed by atoms with van der Waals surface area (Å²) >= 11 is 0. The molecule has 0 saturated heterocycles. The lowest BCUT2D eigenvalue weighted by molar-refractivity contribution is 0.0803. The zero-order valence-corrected chi connectivity index (χ0v) is 9.08. The molecule has 3 N–H and O–H groups in total. The first-order valence-corrected chi connectivity index (χ1v) is 5.22. The first-order chi connectivity index (χ1) is 8.22. The highest BCUT2D eigenvalue weighted by molar-refractivity contribution is 6.00. The van der Waals surface area contributed by atoms with E-state index in [4.69, 9.17) is 10.2 Å². The second kappa shape index (κ2) is 4.94. The smallest absolute Gasteiger partial charge is 0.255 e. The number of rotatable bonds is 4. The van der Waals surface area contributed by atoms with Gasteiger partial charge in [0.1, 0.15) is 0 Å². The molecule has 2 rings (SSSR count). The van der Waals surface area contributed by atoms with E-state index in [1.54, 1.807) is 16.8 Å². The van der Waals surface area contributed by atoms with Crippen LogP contribution in [0.5, 0.6) is 0 Å². The highest BCUT2D eigenvalue weighted by atomic mass is 16.3. The predicted molar refractivity (Wildman–Crippen MR) is 60.6 cm³/mol. The van der Waals surface area contributed by atoms with Gasteiger partial charge in [-0.25, -0.2) is 4.52 Å². The Balaban J connectivity index is 2.14. The zero-order chi connectivity index (χ0) is 12.3. The molecule has 6 heteroatoms. The number of hydrogen-bond donors (Lipinski definition) is 3. The molecule has 1 unspecified atom stereocenters. The molecule has 2 aromatic heterocycles. The van der Waals surface area contributed by atoms with Gasteiger partial charge in [0.2, 0.25) is 0 Å². The third kappa shape index (κ3) is 2.43. The summed E-state index contributed by atoms with van der Waals surface area (Å²) in [4.78, 5) is 11.8. The molecular weight excluding hydrogens is 222 g/mol. The van der Waals surface area contributed by atoms with Gasteiger partial charge >= 0.3 is 0 Å². The highest BCUT2D eigenvalue weighted by Crippen LogP contribution is 2.09. The Morgan fingerprint density at radius 2 is 2.35 bits per heavy atom. The molecular formula is C11H13N3O3.